The van der Waals surface area contributed by atoms with Gasteiger partial charge in [-0.15, -0.1) is 0 Å². The fourth-order valence-electron chi connectivity index (χ4n) is 8.40. The minimum Gasteiger partial charge on any atom is -0.456 e. The average Bonchev–Trinajstić information content (AvgIpc) is 3.44. The standard InChI is InChI=1S/C66H40F6O2/c67-65(68,69)57-37-29-47(30-38-57)23-21-45-25-33-53(34-26-45)63(55-41-59(49-13-5-1-6-14-49)73-60(42-55)50-15-7-2-8-16-50)64(54-35-27-46(28-36-54)22-24-48-31-39-58(40-32-48)66(70,71)72)56-43-61(51-17-9-3-10-18-51)74-62(44-56)52-19-11-4-12-20-52/h1-20,25-44H. The Hall–Kier alpha value is -9.50. The van der Waals surface area contributed by atoms with Gasteiger partial charge in [0.15, 0.2) is 0 Å². The molecule has 2 aliphatic heterocycles. The van der Waals surface area contributed by atoms with E-state index in [9.17, 15) is 26.3 Å². The van der Waals surface area contributed by atoms with E-state index < -0.39 is 23.5 Å². The summed E-state index contributed by atoms with van der Waals surface area (Å²) in [5.74, 6) is 14.8. The lowest BCUT2D eigenvalue weighted by Gasteiger charge is -2.26. The highest BCUT2D eigenvalue weighted by atomic mass is 19.4. The molecule has 0 aliphatic carbocycles. The Balaban J connectivity index is 1.22. The lowest BCUT2D eigenvalue weighted by Crippen LogP contribution is -2.06. The highest BCUT2D eigenvalue weighted by Crippen LogP contribution is 2.45. The number of hydrogen-bond donors (Lipinski definition) is 0. The Morgan fingerprint density at radius 2 is 0.514 bits per heavy atom. The number of alkyl halides is 6. The van der Waals surface area contributed by atoms with Crippen LogP contribution in [-0.2, 0) is 21.8 Å². The molecule has 10 rings (SSSR count). The molecule has 8 aromatic carbocycles. The van der Waals surface area contributed by atoms with Gasteiger partial charge in [-0.1, -0.05) is 169 Å². The number of benzene rings is 8. The van der Waals surface area contributed by atoms with Crippen molar-refractivity contribution >= 4 is 34.2 Å². The summed E-state index contributed by atoms with van der Waals surface area (Å²) < 4.78 is 93.6. The molecule has 2 aliphatic rings. The van der Waals surface area contributed by atoms with Gasteiger partial charge in [0.1, 0.15) is 23.0 Å². The summed E-state index contributed by atoms with van der Waals surface area (Å²) >= 11 is 0. The maximum atomic E-state index is 13.3. The Morgan fingerprint density at radius 1 is 0.284 bits per heavy atom. The quantitative estimate of drug-likeness (QED) is 0.117. The Labute approximate surface area is 424 Å². The largest absolute Gasteiger partial charge is 0.456 e. The summed E-state index contributed by atoms with van der Waals surface area (Å²) in [7, 11) is 0. The molecular formula is C66H40F6O2. The molecule has 0 saturated carbocycles. The molecule has 8 aromatic rings. The van der Waals surface area contributed by atoms with Gasteiger partial charge in [-0.3, -0.25) is 0 Å². The van der Waals surface area contributed by atoms with Crippen molar-refractivity contribution in [1.29, 1.82) is 0 Å². The summed E-state index contributed by atoms with van der Waals surface area (Å²) in [6.07, 6.45) is -0.799. The molecular weight excluding hydrogens is 939 g/mol. The molecule has 0 spiro atoms. The van der Waals surface area contributed by atoms with Crippen LogP contribution in [0.3, 0.4) is 0 Å². The van der Waals surface area contributed by atoms with Crippen molar-refractivity contribution in [3.8, 4) is 23.7 Å². The van der Waals surface area contributed by atoms with E-state index in [0.717, 1.165) is 79.9 Å². The van der Waals surface area contributed by atoms with E-state index in [-0.39, 0.29) is 0 Å². The number of hydrogen-bond acceptors (Lipinski definition) is 2. The van der Waals surface area contributed by atoms with Crippen molar-refractivity contribution in [2.45, 2.75) is 12.4 Å². The van der Waals surface area contributed by atoms with Gasteiger partial charge in [0.25, 0.3) is 0 Å². The average molecular weight is 979 g/mol. The molecule has 2 heterocycles. The monoisotopic (exact) mass is 978 g/mol. The van der Waals surface area contributed by atoms with Gasteiger partial charge in [-0.2, -0.15) is 26.3 Å². The summed E-state index contributed by atoms with van der Waals surface area (Å²) in [5, 5.41) is 0. The molecule has 74 heavy (non-hydrogen) atoms. The third kappa shape index (κ3) is 11.3. The first-order valence-electron chi connectivity index (χ1n) is 23.4. The van der Waals surface area contributed by atoms with Crippen LogP contribution in [-0.4, -0.2) is 0 Å². The third-order valence-corrected chi connectivity index (χ3v) is 12.1. The van der Waals surface area contributed by atoms with Crippen LogP contribution in [0.1, 0.15) is 66.8 Å². The second-order valence-electron chi connectivity index (χ2n) is 17.2. The van der Waals surface area contributed by atoms with E-state index in [1.54, 1.807) is 0 Å². The fourth-order valence-corrected chi connectivity index (χ4v) is 8.40. The SMILES string of the molecule is FC(F)(F)c1ccc(C#Cc2ccc(C(=C3C=C(c4ccccc4)OC(c4ccccc4)=C3)C(=C3C=C(c4ccccc4)OC(c4ccccc4)=C3)c3ccc(C#Cc4ccc(C(F)(F)F)cc4)cc3)cc2)cc1. The van der Waals surface area contributed by atoms with Crippen LogP contribution < -0.4 is 0 Å². The molecule has 0 amide bonds. The minimum absolute atomic E-state index is 0.435. The van der Waals surface area contributed by atoms with Crippen LogP contribution in [0, 0.1) is 23.7 Å². The Bertz CT molecular complexity index is 3290. The zero-order valence-corrected chi connectivity index (χ0v) is 39.2. The topological polar surface area (TPSA) is 18.5 Å². The Kier molecular flexibility index (Phi) is 13.7. The van der Waals surface area contributed by atoms with Crippen molar-refractivity contribution in [2.75, 3.05) is 0 Å². The van der Waals surface area contributed by atoms with Gasteiger partial charge in [0.05, 0.1) is 11.1 Å². The van der Waals surface area contributed by atoms with Gasteiger partial charge >= 0.3 is 12.4 Å². The second kappa shape index (κ2) is 21.1. The van der Waals surface area contributed by atoms with Crippen LogP contribution >= 0.6 is 0 Å². The third-order valence-electron chi connectivity index (χ3n) is 12.1. The lowest BCUT2D eigenvalue weighted by molar-refractivity contribution is -0.138. The van der Waals surface area contributed by atoms with Crippen LogP contribution in [0.2, 0.25) is 0 Å². The maximum Gasteiger partial charge on any atom is 0.416 e. The van der Waals surface area contributed by atoms with Gasteiger partial charge in [0, 0.05) is 44.5 Å². The summed E-state index contributed by atoms with van der Waals surface area (Å²) in [4.78, 5) is 0. The summed E-state index contributed by atoms with van der Waals surface area (Å²) in [6.45, 7) is 0. The van der Waals surface area contributed by atoms with Crippen molar-refractivity contribution in [2.24, 2.45) is 0 Å². The molecule has 0 fully saturated rings. The van der Waals surface area contributed by atoms with E-state index in [4.69, 9.17) is 9.47 Å². The van der Waals surface area contributed by atoms with Crippen molar-refractivity contribution in [3.05, 3.63) is 321 Å². The molecule has 0 aromatic heterocycles. The molecule has 0 atom stereocenters. The molecule has 0 N–H and O–H groups in total. The Morgan fingerprint density at radius 3 is 0.743 bits per heavy atom. The maximum absolute atomic E-state index is 13.3. The molecule has 8 heteroatoms. The van der Waals surface area contributed by atoms with Crippen molar-refractivity contribution in [3.63, 3.8) is 0 Å². The second-order valence-corrected chi connectivity index (χ2v) is 17.2. The van der Waals surface area contributed by atoms with E-state index in [0.29, 0.717) is 45.3 Å². The molecule has 0 saturated heterocycles. The predicted molar refractivity (Wildman–Crippen MR) is 281 cm³/mol. The van der Waals surface area contributed by atoms with Gasteiger partial charge in [0.2, 0.25) is 0 Å². The predicted octanol–water partition coefficient (Wildman–Crippen LogP) is 17.0. The van der Waals surface area contributed by atoms with Crippen LogP contribution in [0.15, 0.2) is 254 Å². The smallest absolute Gasteiger partial charge is 0.416 e. The zero-order valence-electron chi connectivity index (χ0n) is 39.2. The minimum atomic E-state index is -4.46. The van der Waals surface area contributed by atoms with Gasteiger partial charge in [-0.25, -0.2) is 0 Å². The van der Waals surface area contributed by atoms with Crippen molar-refractivity contribution in [1.82, 2.24) is 0 Å². The fraction of sp³-hybridized carbons (Fsp3) is 0.0303. The number of rotatable bonds is 7. The normalized spacial score (nSPS) is 13.3. The summed E-state index contributed by atoms with van der Waals surface area (Å²) in [6, 6.07) is 64.4. The molecule has 0 radical (unpaired) electrons. The number of ether oxygens (including phenoxy) is 2. The van der Waals surface area contributed by atoms with Gasteiger partial charge in [-0.05, 0) is 131 Å². The van der Waals surface area contributed by atoms with Gasteiger partial charge < -0.3 is 9.47 Å². The van der Waals surface area contributed by atoms with Crippen LogP contribution in [0.5, 0.6) is 0 Å². The number of halogens is 6. The molecule has 358 valence electrons. The van der Waals surface area contributed by atoms with Crippen LogP contribution in [0.25, 0.3) is 34.2 Å². The highest BCUT2D eigenvalue weighted by molar-refractivity contribution is 6.12. The highest BCUT2D eigenvalue weighted by Gasteiger charge is 2.31. The van der Waals surface area contributed by atoms with Crippen molar-refractivity contribution < 1.29 is 35.8 Å². The number of allylic oxidation sites excluding steroid dienone is 8. The zero-order chi connectivity index (χ0) is 51.1. The van der Waals surface area contributed by atoms with E-state index in [1.165, 1.54) is 24.3 Å². The molecule has 0 unspecified atom stereocenters. The first-order chi connectivity index (χ1) is 35.9. The lowest BCUT2D eigenvalue weighted by atomic mass is 9.83. The first kappa shape index (κ1) is 48.1. The first-order valence-corrected chi connectivity index (χ1v) is 23.4. The molecule has 2 nitrogen and oxygen atoms in total. The summed E-state index contributed by atoms with van der Waals surface area (Å²) in [5.41, 5.74) is 8.92. The van der Waals surface area contributed by atoms with E-state index in [2.05, 4.69) is 23.7 Å². The van der Waals surface area contributed by atoms with Crippen LogP contribution in [0.4, 0.5) is 26.3 Å². The van der Waals surface area contributed by atoms with E-state index >= 15 is 0 Å². The molecule has 0 bridgehead atoms. The van der Waals surface area contributed by atoms with E-state index in [1.807, 2.05) is 194 Å².